The van der Waals surface area contributed by atoms with Crippen molar-refractivity contribution < 1.29 is 23.8 Å². The van der Waals surface area contributed by atoms with E-state index in [4.69, 9.17) is 4.74 Å². The fourth-order valence-corrected chi connectivity index (χ4v) is 2.26. The summed E-state index contributed by atoms with van der Waals surface area (Å²) in [5, 5.41) is 13.3. The van der Waals surface area contributed by atoms with E-state index in [-0.39, 0.29) is 0 Å². The molecule has 20 heavy (non-hydrogen) atoms. The summed E-state index contributed by atoms with van der Waals surface area (Å²) >= 11 is 0. The molecule has 1 aromatic rings. The van der Waals surface area contributed by atoms with Crippen LogP contribution in [0.1, 0.15) is 19.3 Å². The zero-order chi connectivity index (χ0) is 14.5. The molecule has 0 aliphatic carbocycles. The molecule has 0 saturated carbocycles. The van der Waals surface area contributed by atoms with Gasteiger partial charge in [-0.25, -0.2) is 4.39 Å². The molecule has 108 valence electrons. The van der Waals surface area contributed by atoms with Crippen molar-refractivity contribution in [3.05, 3.63) is 30.1 Å². The number of anilines is 1. The number of carboxylic acids is 1. The van der Waals surface area contributed by atoms with Crippen molar-refractivity contribution in [3.63, 3.8) is 0 Å². The van der Waals surface area contributed by atoms with Crippen molar-refractivity contribution in [2.24, 2.45) is 5.92 Å². The number of benzene rings is 1. The van der Waals surface area contributed by atoms with Gasteiger partial charge in [0.1, 0.15) is 5.82 Å². The van der Waals surface area contributed by atoms with Gasteiger partial charge in [-0.05, 0) is 37.1 Å². The Morgan fingerprint density at radius 2 is 2.10 bits per heavy atom. The molecule has 2 rings (SSSR count). The number of hydrogen-bond acceptors (Lipinski definition) is 4. The fourth-order valence-electron chi connectivity index (χ4n) is 2.26. The van der Waals surface area contributed by atoms with Gasteiger partial charge in [-0.3, -0.25) is 4.79 Å². The summed E-state index contributed by atoms with van der Waals surface area (Å²) in [6, 6.07) is 5.27. The number of hydrogen-bond donors (Lipinski definition) is 1. The first-order valence-electron chi connectivity index (χ1n) is 6.44. The highest BCUT2D eigenvalue weighted by atomic mass is 19.1. The van der Waals surface area contributed by atoms with Crippen LogP contribution in [-0.2, 0) is 14.3 Å². The largest absolute Gasteiger partial charge is 0.550 e. The molecule has 1 aromatic carbocycles. The van der Waals surface area contributed by atoms with Gasteiger partial charge in [0.25, 0.3) is 0 Å². The number of halogens is 1. The number of amides is 1. The average Bonchev–Trinajstić information content (AvgIpc) is 2.92. The van der Waals surface area contributed by atoms with Crippen LogP contribution in [-0.4, -0.2) is 24.6 Å². The van der Waals surface area contributed by atoms with Crippen LogP contribution >= 0.6 is 0 Å². The van der Waals surface area contributed by atoms with Crippen molar-refractivity contribution in [2.75, 3.05) is 11.9 Å². The summed E-state index contributed by atoms with van der Waals surface area (Å²) in [6.45, 7) is 0.526. The monoisotopic (exact) mass is 280 g/mol. The van der Waals surface area contributed by atoms with E-state index in [2.05, 4.69) is 5.32 Å². The highest BCUT2D eigenvalue weighted by molar-refractivity contribution is 5.94. The maximum absolute atomic E-state index is 12.8. The van der Waals surface area contributed by atoms with E-state index < -0.39 is 36.1 Å². The molecule has 1 saturated heterocycles. The second-order valence-corrected chi connectivity index (χ2v) is 4.73. The molecule has 6 heteroatoms. The van der Waals surface area contributed by atoms with Crippen LogP contribution in [0.2, 0.25) is 0 Å². The molecule has 1 fully saturated rings. The third kappa shape index (κ3) is 3.77. The second kappa shape index (κ2) is 6.47. The van der Waals surface area contributed by atoms with Crippen molar-refractivity contribution in [2.45, 2.75) is 25.4 Å². The van der Waals surface area contributed by atoms with E-state index in [1.807, 2.05) is 0 Å². The summed E-state index contributed by atoms with van der Waals surface area (Å²) in [7, 11) is 0. The molecule has 0 unspecified atom stereocenters. The number of aliphatic carboxylic acids is 1. The Hall–Kier alpha value is -1.95. The molecule has 1 aliphatic rings. The first-order valence-corrected chi connectivity index (χ1v) is 6.44. The lowest BCUT2D eigenvalue weighted by Crippen LogP contribution is -2.38. The molecule has 2 atom stereocenters. The highest BCUT2D eigenvalue weighted by Crippen LogP contribution is 2.24. The van der Waals surface area contributed by atoms with Crippen molar-refractivity contribution >= 4 is 17.6 Å². The molecular weight excluding hydrogens is 265 g/mol. The highest BCUT2D eigenvalue weighted by Gasteiger charge is 2.31. The SMILES string of the molecule is O=C([O-])C[C@H](C(=O)Nc1ccc(F)cc1)[C@@H]1CCCO1. The quantitative estimate of drug-likeness (QED) is 0.861. The number of carbonyl (C=O) groups excluding carboxylic acids is 2. The molecule has 5 nitrogen and oxygen atoms in total. The minimum Gasteiger partial charge on any atom is -0.550 e. The fraction of sp³-hybridized carbons (Fsp3) is 0.429. The van der Waals surface area contributed by atoms with E-state index in [1.165, 1.54) is 24.3 Å². The summed E-state index contributed by atoms with van der Waals surface area (Å²) in [5.41, 5.74) is 0.415. The minimum atomic E-state index is -1.29. The lowest BCUT2D eigenvalue weighted by molar-refractivity contribution is -0.307. The van der Waals surface area contributed by atoms with Gasteiger partial charge < -0.3 is 20.0 Å². The zero-order valence-electron chi connectivity index (χ0n) is 10.8. The van der Waals surface area contributed by atoms with Gasteiger partial charge in [0.15, 0.2) is 0 Å². The van der Waals surface area contributed by atoms with Gasteiger partial charge in [-0.2, -0.15) is 0 Å². The average molecular weight is 280 g/mol. The molecule has 1 amide bonds. The van der Waals surface area contributed by atoms with E-state index in [0.717, 1.165) is 6.42 Å². The van der Waals surface area contributed by atoms with Crippen molar-refractivity contribution in [1.82, 2.24) is 0 Å². The molecular formula is C14H15FNO4-. The van der Waals surface area contributed by atoms with Crippen LogP contribution in [0.3, 0.4) is 0 Å². The Balaban J connectivity index is 2.05. The molecule has 1 N–H and O–H groups in total. The van der Waals surface area contributed by atoms with E-state index >= 15 is 0 Å². The maximum atomic E-state index is 12.8. The number of carbonyl (C=O) groups is 2. The van der Waals surface area contributed by atoms with Gasteiger partial charge in [-0.15, -0.1) is 0 Å². The predicted octanol–water partition coefficient (Wildman–Crippen LogP) is 0.699. The van der Waals surface area contributed by atoms with Crippen molar-refractivity contribution in [3.8, 4) is 0 Å². The molecule has 0 radical (unpaired) electrons. The minimum absolute atomic E-state index is 0.391. The first kappa shape index (κ1) is 14.5. The Labute approximate surface area is 115 Å². The van der Waals surface area contributed by atoms with Crippen LogP contribution in [0.15, 0.2) is 24.3 Å². The van der Waals surface area contributed by atoms with Gasteiger partial charge >= 0.3 is 0 Å². The Bertz CT molecular complexity index is 482. The molecule has 1 heterocycles. The van der Waals surface area contributed by atoms with E-state index in [9.17, 15) is 19.1 Å². The Morgan fingerprint density at radius 1 is 1.40 bits per heavy atom. The summed E-state index contributed by atoms with van der Waals surface area (Å²) in [4.78, 5) is 22.9. The van der Waals surface area contributed by atoms with Crippen LogP contribution in [0, 0.1) is 11.7 Å². The number of rotatable bonds is 5. The zero-order valence-corrected chi connectivity index (χ0v) is 10.8. The maximum Gasteiger partial charge on any atom is 0.230 e. The number of carboxylic acid groups (broad SMARTS) is 1. The lowest BCUT2D eigenvalue weighted by Gasteiger charge is -2.22. The molecule has 0 bridgehead atoms. The van der Waals surface area contributed by atoms with Gasteiger partial charge in [0.05, 0.1) is 12.0 Å². The number of ether oxygens (including phenoxy) is 1. The standard InChI is InChI=1S/C14H16FNO4/c15-9-3-5-10(6-4-9)16-14(19)11(8-13(17)18)12-2-1-7-20-12/h3-6,11-12H,1-2,7-8H2,(H,16,19)(H,17,18)/p-1/t11-,12-/m0/s1. The lowest BCUT2D eigenvalue weighted by atomic mass is 9.95. The number of nitrogens with one attached hydrogen (secondary N) is 1. The van der Waals surface area contributed by atoms with Crippen LogP contribution in [0.4, 0.5) is 10.1 Å². The molecule has 0 aromatic heterocycles. The molecule has 1 aliphatic heterocycles. The van der Waals surface area contributed by atoms with Gasteiger partial charge in [-0.1, -0.05) is 0 Å². The van der Waals surface area contributed by atoms with E-state index in [1.54, 1.807) is 0 Å². The predicted molar refractivity (Wildman–Crippen MR) is 67.1 cm³/mol. The van der Waals surface area contributed by atoms with Gasteiger partial charge in [0, 0.05) is 24.7 Å². The Morgan fingerprint density at radius 3 is 2.65 bits per heavy atom. The van der Waals surface area contributed by atoms with Gasteiger partial charge in [0.2, 0.25) is 5.91 Å². The Kier molecular flexibility index (Phi) is 4.68. The second-order valence-electron chi connectivity index (χ2n) is 4.73. The van der Waals surface area contributed by atoms with Crippen LogP contribution in [0.5, 0.6) is 0 Å². The normalized spacial score (nSPS) is 19.6. The summed E-state index contributed by atoms with van der Waals surface area (Å²) in [5.74, 6) is -2.95. The summed E-state index contributed by atoms with van der Waals surface area (Å²) < 4.78 is 18.2. The third-order valence-corrected chi connectivity index (χ3v) is 3.25. The topological polar surface area (TPSA) is 78.5 Å². The summed E-state index contributed by atoms with van der Waals surface area (Å²) in [6.07, 6.45) is 0.651. The third-order valence-electron chi connectivity index (χ3n) is 3.25. The van der Waals surface area contributed by atoms with Crippen LogP contribution < -0.4 is 10.4 Å². The van der Waals surface area contributed by atoms with Crippen molar-refractivity contribution in [1.29, 1.82) is 0 Å². The van der Waals surface area contributed by atoms with Crippen LogP contribution in [0.25, 0.3) is 0 Å². The van der Waals surface area contributed by atoms with E-state index in [0.29, 0.717) is 18.7 Å². The molecule has 0 spiro atoms. The smallest absolute Gasteiger partial charge is 0.230 e. The first-order chi connectivity index (χ1) is 9.56.